The fourth-order valence-corrected chi connectivity index (χ4v) is 1.75. The molecular weight excluding hydrogens is 247 g/mol. The van der Waals surface area contributed by atoms with Gasteiger partial charge in [0.1, 0.15) is 11.4 Å². The molecule has 4 nitrogen and oxygen atoms in total. The lowest BCUT2D eigenvalue weighted by Crippen LogP contribution is -2.10. The number of rotatable bonds is 3. The molecule has 0 bridgehead atoms. The van der Waals surface area contributed by atoms with Crippen LogP contribution in [0.1, 0.15) is 17.3 Å². The van der Waals surface area contributed by atoms with Crippen LogP contribution in [0, 0.1) is 5.82 Å². The molecular formula is C14H13FN2O2. The van der Waals surface area contributed by atoms with Crippen molar-refractivity contribution >= 4 is 11.7 Å². The Kier molecular flexibility index (Phi) is 3.75. The van der Waals surface area contributed by atoms with Crippen molar-refractivity contribution in [1.82, 2.24) is 4.98 Å². The van der Waals surface area contributed by atoms with Crippen LogP contribution in [0.2, 0.25) is 0 Å². The number of carbonyl (C=O) groups is 1. The molecule has 0 saturated carbocycles. The Morgan fingerprint density at radius 2 is 2.21 bits per heavy atom. The zero-order valence-electron chi connectivity index (χ0n) is 10.4. The number of hydrogen-bond donors (Lipinski definition) is 1. The monoisotopic (exact) mass is 260 g/mol. The Hall–Kier alpha value is -2.43. The quantitative estimate of drug-likeness (QED) is 0.680. The fourth-order valence-electron chi connectivity index (χ4n) is 1.75. The van der Waals surface area contributed by atoms with Crippen molar-refractivity contribution in [2.45, 2.75) is 6.92 Å². The lowest BCUT2D eigenvalue weighted by Gasteiger charge is -2.09. The van der Waals surface area contributed by atoms with E-state index in [9.17, 15) is 9.18 Å². The standard InChI is InChI=1S/C14H13FN2O2/c1-2-19-14(18)13-11(15)6-10(7-12(13)16)9-4-3-5-17-8-9/h3-8H,2,16H2,1H3. The second-order valence-electron chi connectivity index (χ2n) is 3.88. The van der Waals surface area contributed by atoms with Crippen LogP contribution in [-0.4, -0.2) is 17.6 Å². The van der Waals surface area contributed by atoms with Gasteiger partial charge in [-0.05, 0) is 30.7 Å². The van der Waals surface area contributed by atoms with Gasteiger partial charge in [-0.15, -0.1) is 0 Å². The van der Waals surface area contributed by atoms with Gasteiger partial charge in [0.25, 0.3) is 0 Å². The number of esters is 1. The molecule has 0 radical (unpaired) electrons. The molecule has 1 aromatic heterocycles. The molecule has 0 unspecified atom stereocenters. The fraction of sp³-hybridized carbons (Fsp3) is 0.143. The Bertz CT molecular complexity index is 577. The smallest absolute Gasteiger partial charge is 0.343 e. The first-order valence-corrected chi connectivity index (χ1v) is 5.80. The average molecular weight is 260 g/mol. The van der Waals surface area contributed by atoms with Crippen LogP contribution in [0.5, 0.6) is 0 Å². The molecule has 0 atom stereocenters. The topological polar surface area (TPSA) is 65.2 Å². The minimum atomic E-state index is -0.754. The van der Waals surface area contributed by atoms with E-state index < -0.39 is 11.8 Å². The number of nitrogen functional groups attached to an aromatic ring is 1. The van der Waals surface area contributed by atoms with Crippen LogP contribution in [-0.2, 0) is 4.74 Å². The molecule has 2 rings (SSSR count). The molecule has 0 fully saturated rings. The minimum Gasteiger partial charge on any atom is -0.462 e. The summed E-state index contributed by atoms with van der Waals surface area (Å²) in [5, 5.41) is 0. The maximum absolute atomic E-state index is 14.0. The summed E-state index contributed by atoms with van der Waals surface area (Å²) >= 11 is 0. The highest BCUT2D eigenvalue weighted by molar-refractivity contribution is 5.96. The van der Waals surface area contributed by atoms with E-state index in [0.29, 0.717) is 5.56 Å². The highest BCUT2D eigenvalue weighted by atomic mass is 19.1. The molecule has 5 heteroatoms. The maximum Gasteiger partial charge on any atom is 0.343 e. The summed E-state index contributed by atoms with van der Waals surface area (Å²) in [7, 11) is 0. The molecule has 0 saturated heterocycles. The summed E-state index contributed by atoms with van der Waals surface area (Å²) < 4.78 is 18.7. The van der Waals surface area contributed by atoms with Crippen molar-refractivity contribution in [3.05, 3.63) is 48.0 Å². The zero-order chi connectivity index (χ0) is 13.8. The number of anilines is 1. The van der Waals surface area contributed by atoms with E-state index >= 15 is 0 Å². The van der Waals surface area contributed by atoms with Gasteiger partial charge in [0.2, 0.25) is 0 Å². The number of pyridine rings is 1. The van der Waals surface area contributed by atoms with Crippen LogP contribution in [0.4, 0.5) is 10.1 Å². The molecule has 0 aliphatic carbocycles. The number of aromatic nitrogens is 1. The van der Waals surface area contributed by atoms with Crippen molar-refractivity contribution in [2.24, 2.45) is 0 Å². The van der Waals surface area contributed by atoms with Gasteiger partial charge in [0.15, 0.2) is 0 Å². The predicted octanol–water partition coefficient (Wildman–Crippen LogP) is 2.65. The highest BCUT2D eigenvalue weighted by Crippen LogP contribution is 2.26. The summed E-state index contributed by atoms with van der Waals surface area (Å²) in [6.07, 6.45) is 3.22. The van der Waals surface area contributed by atoms with E-state index in [0.717, 1.165) is 5.56 Å². The van der Waals surface area contributed by atoms with Crippen LogP contribution >= 0.6 is 0 Å². The summed E-state index contributed by atoms with van der Waals surface area (Å²) in [4.78, 5) is 15.5. The van der Waals surface area contributed by atoms with E-state index in [1.165, 1.54) is 12.1 Å². The van der Waals surface area contributed by atoms with Crippen molar-refractivity contribution in [3.63, 3.8) is 0 Å². The molecule has 0 aliphatic heterocycles. The highest BCUT2D eigenvalue weighted by Gasteiger charge is 2.18. The van der Waals surface area contributed by atoms with Crippen LogP contribution < -0.4 is 5.73 Å². The summed E-state index contributed by atoms with van der Waals surface area (Å²) in [5.41, 5.74) is 6.85. The molecule has 0 amide bonds. The summed E-state index contributed by atoms with van der Waals surface area (Å²) in [5.74, 6) is -1.45. The molecule has 2 aromatic rings. The molecule has 98 valence electrons. The number of benzene rings is 1. The van der Waals surface area contributed by atoms with Gasteiger partial charge in [0.05, 0.1) is 6.61 Å². The normalized spacial score (nSPS) is 10.2. The first-order valence-electron chi connectivity index (χ1n) is 5.80. The van der Waals surface area contributed by atoms with Gasteiger partial charge in [0, 0.05) is 23.6 Å². The second kappa shape index (κ2) is 5.48. The van der Waals surface area contributed by atoms with E-state index in [-0.39, 0.29) is 17.9 Å². The first kappa shape index (κ1) is 13.0. The third-order valence-electron chi connectivity index (χ3n) is 2.60. The Morgan fingerprint density at radius 3 is 2.79 bits per heavy atom. The molecule has 1 aromatic carbocycles. The third kappa shape index (κ3) is 2.70. The van der Waals surface area contributed by atoms with Gasteiger partial charge in [-0.3, -0.25) is 4.98 Å². The SMILES string of the molecule is CCOC(=O)c1c(N)cc(-c2cccnc2)cc1F. The van der Waals surface area contributed by atoms with E-state index in [4.69, 9.17) is 10.5 Å². The van der Waals surface area contributed by atoms with Crippen molar-refractivity contribution < 1.29 is 13.9 Å². The Labute approximate surface area is 110 Å². The van der Waals surface area contributed by atoms with E-state index in [2.05, 4.69) is 4.98 Å². The van der Waals surface area contributed by atoms with Crippen molar-refractivity contribution in [3.8, 4) is 11.1 Å². The Balaban J connectivity index is 2.45. The lowest BCUT2D eigenvalue weighted by molar-refractivity contribution is 0.0522. The van der Waals surface area contributed by atoms with Crippen LogP contribution in [0.15, 0.2) is 36.7 Å². The molecule has 0 spiro atoms. The molecule has 1 heterocycles. The average Bonchev–Trinajstić information content (AvgIpc) is 2.39. The zero-order valence-corrected chi connectivity index (χ0v) is 10.4. The minimum absolute atomic E-state index is 0.0531. The number of nitrogens with zero attached hydrogens (tertiary/aromatic N) is 1. The molecule has 19 heavy (non-hydrogen) atoms. The molecule has 0 aliphatic rings. The van der Waals surface area contributed by atoms with Gasteiger partial charge < -0.3 is 10.5 Å². The second-order valence-corrected chi connectivity index (χ2v) is 3.88. The Morgan fingerprint density at radius 1 is 1.42 bits per heavy atom. The molecule has 2 N–H and O–H groups in total. The van der Waals surface area contributed by atoms with E-state index in [1.807, 2.05) is 0 Å². The summed E-state index contributed by atoms with van der Waals surface area (Å²) in [6.45, 7) is 1.82. The van der Waals surface area contributed by atoms with Crippen molar-refractivity contribution in [1.29, 1.82) is 0 Å². The maximum atomic E-state index is 14.0. The van der Waals surface area contributed by atoms with Gasteiger partial charge in [-0.2, -0.15) is 0 Å². The number of hydrogen-bond acceptors (Lipinski definition) is 4. The van der Waals surface area contributed by atoms with Crippen molar-refractivity contribution in [2.75, 3.05) is 12.3 Å². The number of halogens is 1. The van der Waals surface area contributed by atoms with Gasteiger partial charge >= 0.3 is 5.97 Å². The van der Waals surface area contributed by atoms with Gasteiger partial charge in [-0.25, -0.2) is 9.18 Å². The third-order valence-corrected chi connectivity index (χ3v) is 2.60. The number of ether oxygens (including phenoxy) is 1. The van der Waals surface area contributed by atoms with Crippen LogP contribution in [0.25, 0.3) is 11.1 Å². The lowest BCUT2D eigenvalue weighted by atomic mass is 10.0. The summed E-state index contributed by atoms with van der Waals surface area (Å²) in [6, 6.07) is 6.31. The van der Waals surface area contributed by atoms with Crippen LogP contribution in [0.3, 0.4) is 0 Å². The number of nitrogens with two attached hydrogens (primary N) is 1. The van der Waals surface area contributed by atoms with E-state index in [1.54, 1.807) is 31.5 Å². The largest absolute Gasteiger partial charge is 0.462 e. The number of carbonyl (C=O) groups excluding carboxylic acids is 1. The predicted molar refractivity (Wildman–Crippen MR) is 70.0 cm³/mol. The van der Waals surface area contributed by atoms with Gasteiger partial charge in [-0.1, -0.05) is 6.07 Å². The first-order chi connectivity index (χ1) is 9.13.